The standard InChI is InChI=1S/C18H13BrFN3O4/c19-11-2-4-13(20)10(7-11)1-6-17(25)27-9-16(24)21-12-3-5-14-15(8-12)23-18(26)22-14/h1-8H,9H2,(H,21,24)(H2,22,23,26)/b6-1+. The minimum atomic E-state index is -0.782. The minimum Gasteiger partial charge on any atom is -0.452 e. The van der Waals surface area contributed by atoms with E-state index in [2.05, 4.69) is 31.2 Å². The maximum absolute atomic E-state index is 13.6. The average Bonchev–Trinajstić information content (AvgIpc) is 3.00. The summed E-state index contributed by atoms with van der Waals surface area (Å²) in [4.78, 5) is 39.9. The molecule has 0 saturated heterocycles. The third-order valence-electron chi connectivity index (χ3n) is 3.50. The van der Waals surface area contributed by atoms with Crippen LogP contribution in [0.2, 0.25) is 0 Å². The summed E-state index contributed by atoms with van der Waals surface area (Å²) >= 11 is 3.21. The predicted molar refractivity (Wildman–Crippen MR) is 102 cm³/mol. The monoisotopic (exact) mass is 433 g/mol. The van der Waals surface area contributed by atoms with Crippen molar-refractivity contribution in [3.05, 3.63) is 68.8 Å². The zero-order valence-corrected chi connectivity index (χ0v) is 15.3. The molecule has 0 aliphatic carbocycles. The highest BCUT2D eigenvalue weighted by atomic mass is 79.9. The summed E-state index contributed by atoms with van der Waals surface area (Å²) in [5.41, 5.74) is 1.43. The van der Waals surface area contributed by atoms with Crippen molar-refractivity contribution in [3.63, 3.8) is 0 Å². The Kier molecular flexibility index (Phi) is 5.51. The van der Waals surface area contributed by atoms with Crippen molar-refractivity contribution < 1.29 is 18.7 Å². The molecule has 0 aliphatic rings. The summed E-state index contributed by atoms with van der Waals surface area (Å²) < 4.78 is 19.1. The van der Waals surface area contributed by atoms with Gasteiger partial charge in [-0.1, -0.05) is 15.9 Å². The number of esters is 1. The highest BCUT2D eigenvalue weighted by Gasteiger charge is 2.08. The first-order valence-electron chi connectivity index (χ1n) is 7.72. The van der Waals surface area contributed by atoms with E-state index in [0.717, 1.165) is 6.08 Å². The van der Waals surface area contributed by atoms with Gasteiger partial charge in [0.25, 0.3) is 5.91 Å². The molecule has 138 valence electrons. The van der Waals surface area contributed by atoms with Crippen LogP contribution in [0.1, 0.15) is 5.56 Å². The van der Waals surface area contributed by atoms with Crippen molar-refractivity contribution in [1.82, 2.24) is 9.97 Å². The number of aromatic amines is 2. The van der Waals surface area contributed by atoms with Crippen LogP contribution in [0.5, 0.6) is 0 Å². The summed E-state index contributed by atoms with van der Waals surface area (Å²) in [6, 6.07) is 9.11. The highest BCUT2D eigenvalue weighted by Crippen LogP contribution is 2.17. The Morgan fingerprint density at radius 3 is 2.74 bits per heavy atom. The van der Waals surface area contributed by atoms with Crippen molar-refractivity contribution >= 4 is 50.6 Å². The number of carbonyl (C=O) groups is 2. The lowest BCUT2D eigenvalue weighted by molar-refractivity contribution is -0.142. The summed E-state index contributed by atoms with van der Waals surface area (Å²) in [5, 5.41) is 2.55. The first kappa shape index (κ1) is 18.6. The zero-order chi connectivity index (χ0) is 19.4. The fraction of sp³-hybridized carbons (Fsp3) is 0.0556. The Hall–Kier alpha value is -3.20. The summed E-state index contributed by atoms with van der Waals surface area (Å²) in [6.07, 6.45) is 2.30. The Bertz CT molecular complexity index is 1100. The number of amides is 1. The normalized spacial score (nSPS) is 11.0. The number of H-pyrrole nitrogens is 2. The fourth-order valence-corrected chi connectivity index (χ4v) is 2.67. The van der Waals surface area contributed by atoms with E-state index < -0.39 is 24.3 Å². The Morgan fingerprint density at radius 2 is 1.93 bits per heavy atom. The van der Waals surface area contributed by atoms with Gasteiger partial charge in [0.15, 0.2) is 6.61 Å². The number of imidazole rings is 1. The van der Waals surface area contributed by atoms with E-state index in [-0.39, 0.29) is 11.3 Å². The van der Waals surface area contributed by atoms with Crippen LogP contribution in [0.4, 0.5) is 10.1 Å². The zero-order valence-electron chi connectivity index (χ0n) is 13.7. The van der Waals surface area contributed by atoms with E-state index in [4.69, 9.17) is 4.74 Å². The van der Waals surface area contributed by atoms with E-state index in [0.29, 0.717) is 21.2 Å². The van der Waals surface area contributed by atoms with E-state index in [1.165, 1.54) is 24.3 Å². The molecule has 3 N–H and O–H groups in total. The van der Waals surface area contributed by atoms with Crippen molar-refractivity contribution in [3.8, 4) is 0 Å². The Labute approximate surface area is 160 Å². The second-order valence-electron chi connectivity index (χ2n) is 5.49. The number of fused-ring (bicyclic) bond motifs is 1. The van der Waals surface area contributed by atoms with Gasteiger partial charge in [-0.05, 0) is 42.5 Å². The number of hydrogen-bond donors (Lipinski definition) is 3. The maximum Gasteiger partial charge on any atom is 0.331 e. The number of carbonyl (C=O) groups excluding carboxylic acids is 2. The Morgan fingerprint density at radius 1 is 1.15 bits per heavy atom. The number of rotatable bonds is 5. The smallest absolute Gasteiger partial charge is 0.331 e. The number of ether oxygens (including phenoxy) is 1. The minimum absolute atomic E-state index is 0.208. The lowest BCUT2D eigenvalue weighted by Gasteiger charge is -2.05. The van der Waals surface area contributed by atoms with Crippen LogP contribution in [0.15, 0.2) is 51.7 Å². The van der Waals surface area contributed by atoms with E-state index in [9.17, 15) is 18.8 Å². The number of benzene rings is 2. The average molecular weight is 434 g/mol. The third kappa shape index (κ3) is 4.91. The topological polar surface area (TPSA) is 104 Å². The molecule has 2 aromatic carbocycles. The number of nitrogens with one attached hydrogen (secondary N) is 3. The van der Waals surface area contributed by atoms with Gasteiger partial charge in [0.05, 0.1) is 11.0 Å². The lowest BCUT2D eigenvalue weighted by atomic mass is 10.2. The molecule has 0 bridgehead atoms. The second-order valence-corrected chi connectivity index (χ2v) is 6.41. The second kappa shape index (κ2) is 8.00. The van der Waals surface area contributed by atoms with Gasteiger partial charge >= 0.3 is 11.7 Å². The fourth-order valence-electron chi connectivity index (χ4n) is 2.29. The van der Waals surface area contributed by atoms with E-state index >= 15 is 0 Å². The molecule has 3 aromatic rings. The molecule has 3 rings (SSSR count). The van der Waals surface area contributed by atoms with Crippen LogP contribution in [0.25, 0.3) is 17.1 Å². The molecule has 0 unspecified atom stereocenters. The molecule has 0 saturated carbocycles. The lowest BCUT2D eigenvalue weighted by Crippen LogP contribution is -2.20. The summed E-state index contributed by atoms with van der Waals surface area (Å²) in [5.74, 6) is -1.82. The SMILES string of the molecule is O=C(COC(=O)/C=C/c1cc(Br)ccc1F)Nc1ccc2[nH]c(=O)[nH]c2c1. The molecule has 1 aromatic heterocycles. The molecule has 1 amide bonds. The van der Waals surface area contributed by atoms with Crippen molar-refractivity contribution in [2.75, 3.05) is 11.9 Å². The number of aromatic nitrogens is 2. The quantitative estimate of drug-likeness (QED) is 0.424. The first-order valence-corrected chi connectivity index (χ1v) is 8.52. The summed E-state index contributed by atoms with van der Waals surface area (Å²) in [7, 11) is 0. The van der Waals surface area contributed by atoms with E-state index in [1.807, 2.05) is 0 Å². The molecular formula is C18H13BrFN3O4. The van der Waals surface area contributed by atoms with Gasteiger partial charge in [-0.2, -0.15) is 0 Å². The van der Waals surface area contributed by atoms with Crippen LogP contribution in [0, 0.1) is 5.82 Å². The van der Waals surface area contributed by atoms with E-state index in [1.54, 1.807) is 18.2 Å². The number of anilines is 1. The Balaban J connectivity index is 1.54. The molecule has 27 heavy (non-hydrogen) atoms. The first-order chi connectivity index (χ1) is 12.9. The van der Waals surface area contributed by atoms with Crippen molar-refractivity contribution in [1.29, 1.82) is 0 Å². The maximum atomic E-state index is 13.6. The van der Waals surface area contributed by atoms with Gasteiger partial charge < -0.3 is 20.0 Å². The van der Waals surface area contributed by atoms with Crippen LogP contribution in [0.3, 0.4) is 0 Å². The van der Waals surface area contributed by atoms with Gasteiger partial charge in [-0.25, -0.2) is 14.0 Å². The molecule has 0 aliphatic heterocycles. The largest absolute Gasteiger partial charge is 0.452 e. The van der Waals surface area contributed by atoms with Crippen LogP contribution in [-0.4, -0.2) is 28.5 Å². The van der Waals surface area contributed by atoms with Gasteiger partial charge in [-0.3, -0.25) is 4.79 Å². The number of hydrogen-bond acceptors (Lipinski definition) is 4. The van der Waals surface area contributed by atoms with Crippen molar-refractivity contribution in [2.24, 2.45) is 0 Å². The summed E-state index contributed by atoms with van der Waals surface area (Å²) in [6.45, 7) is -0.508. The molecule has 0 fully saturated rings. The molecular weight excluding hydrogens is 421 g/mol. The molecule has 1 heterocycles. The van der Waals surface area contributed by atoms with Gasteiger partial charge in [0.1, 0.15) is 5.82 Å². The third-order valence-corrected chi connectivity index (χ3v) is 4.00. The van der Waals surface area contributed by atoms with Gasteiger partial charge in [0, 0.05) is 21.8 Å². The molecule has 0 atom stereocenters. The van der Waals surface area contributed by atoms with Gasteiger partial charge in [-0.15, -0.1) is 0 Å². The van der Waals surface area contributed by atoms with Crippen molar-refractivity contribution in [2.45, 2.75) is 0 Å². The van der Waals surface area contributed by atoms with Crippen LogP contribution >= 0.6 is 15.9 Å². The number of halogens is 2. The van der Waals surface area contributed by atoms with Crippen LogP contribution in [-0.2, 0) is 14.3 Å². The molecule has 0 radical (unpaired) electrons. The van der Waals surface area contributed by atoms with Gasteiger partial charge in [0.2, 0.25) is 0 Å². The van der Waals surface area contributed by atoms with Crippen LogP contribution < -0.4 is 11.0 Å². The molecule has 7 nitrogen and oxygen atoms in total. The molecule has 9 heteroatoms. The highest BCUT2D eigenvalue weighted by molar-refractivity contribution is 9.10. The molecule has 0 spiro atoms. The predicted octanol–water partition coefficient (Wildman–Crippen LogP) is 2.95.